The van der Waals surface area contributed by atoms with Crippen LogP contribution in [0.15, 0.2) is 24.3 Å². The first-order valence-electron chi connectivity index (χ1n) is 16.8. The number of thiophene rings is 1. The van der Waals surface area contributed by atoms with Gasteiger partial charge < -0.3 is 9.88 Å². The first-order chi connectivity index (χ1) is 23.2. The average molecular weight is 717 g/mol. The van der Waals surface area contributed by atoms with E-state index in [1.54, 1.807) is 6.07 Å². The minimum atomic E-state index is -4.27. The summed E-state index contributed by atoms with van der Waals surface area (Å²) >= 11 is 1.09. The molecule has 0 bridgehead atoms. The van der Waals surface area contributed by atoms with E-state index < -0.39 is 22.6 Å². The van der Waals surface area contributed by atoms with Gasteiger partial charge in [-0.15, -0.1) is 11.3 Å². The number of sulfonamides is 1. The summed E-state index contributed by atoms with van der Waals surface area (Å²) in [5.74, 6) is 1.24. The number of benzene rings is 1. The molecule has 4 aromatic rings. The Balaban J connectivity index is 1.10. The van der Waals surface area contributed by atoms with Crippen molar-refractivity contribution >= 4 is 48.3 Å². The summed E-state index contributed by atoms with van der Waals surface area (Å²) in [6.07, 6.45) is -1.64. The van der Waals surface area contributed by atoms with E-state index in [2.05, 4.69) is 61.7 Å². The van der Waals surface area contributed by atoms with Crippen molar-refractivity contribution in [3.63, 3.8) is 0 Å². The SMILES string of the molecule is CCc1nc(NC2CCN(Cc3ccc4c(cc(C#N)n4C(C)CN4CCN(S(C)(=O)=O)CC4)c3C)CC2)c2cc(CC(F)(F)F)sc2n1. The molecule has 10 nitrogen and oxygen atoms in total. The first kappa shape index (κ1) is 35.5. The Labute approximate surface area is 289 Å². The number of fused-ring (bicyclic) bond motifs is 2. The number of aryl methyl sites for hydroxylation is 2. The number of anilines is 1. The Kier molecular flexibility index (Phi) is 10.3. The van der Waals surface area contributed by atoms with Crippen LogP contribution in [0.2, 0.25) is 0 Å². The molecule has 3 aromatic heterocycles. The first-order valence-corrected chi connectivity index (χ1v) is 19.4. The van der Waals surface area contributed by atoms with E-state index in [-0.39, 0.29) is 17.0 Å². The van der Waals surface area contributed by atoms with E-state index in [4.69, 9.17) is 0 Å². The molecule has 5 heterocycles. The molecule has 49 heavy (non-hydrogen) atoms. The second kappa shape index (κ2) is 14.1. The van der Waals surface area contributed by atoms with E-state index in [1.807, 2.05) is 13.0 Å². The molecule has 2 saturated heterocycles. The molecule has 1 aromatic carbocycles. The maximum absolute atomic E-state index is 13.1. The van der Waals surface area contributed by atoms with Crippen LogP contribution in [0.25, 0.3) is 21.1 Å². The molecule has 6 rings (SSSR count). The van der Waals surface area contributed by atoms with Gasteiger partial charge in [-0.3, -0.25) is 9.80 Å². The minimum absolute atomic E-state index is 0.0311. The van der Waals surface area contributed by atoms with Crippen molar-refractivity contribution in [1.82, 2.24) is 28.6 Å². The predicted molar refractivity (Wildman–Crippen MR) is 187 cm³/mol. The van der Waals surface area contributed by atoms with E-state index in [1.165, 1.54) is 16.1 Å². The zero-order valence-electron chi connectivity index (χ0n) is 28.3. The van der Waals surface area contributed by atoms with Gasteiger partial charge in [-0.25, -0.2) is 18.4 Å². The van der Waals surface area contributed by atoms with E-state index in [0.717, 1.165) is 66.8 Å². The summed E-state index contributed by atoms with van der Waals surface area (Å²) in [5.41, 5.74) is 4.01. The average Bonchev–Trinajstić information content (AvgIpc) is 3.63. The molecule has 0 amide bonds. The van der Waals surface area contributed by atoms with Gasteiger partial charge in [0.25, 0.3) is 0 Å². The van der Waals surface area contributed by atoms with Crippen LogP contribution in [0.4, 0.5) is 19.0 Å². The molecule has 264 valence electrons. The van der Waals surface area contributed by atoms with Crippen molar-refractivity contribution in [2.75, 3.05) is 57.4 Å². The van der Waals surface area contributed by atoms with Gasteiger partial charge in [0.05, 0.1) is 18.1 Å². The number of piperazine rings is 1. The van der Waals surface area contributed by atoms with Gasteiger partial charge in [0.2, 0.25) is 10.0 Å². The quantitative estimate of drug-likeness (QED) is 0.223. The monoisotopic (exact) mass is 716 g/mol. The van der Waals surface area contributed by atoms with Crippen molar-refractivity contribution in [1.29, 1.82) is 5.26 Å². The Morgan fingerprint density at radius 1 is 1.06 bits per heavy atom. The molecule has 2 aliphatic heterocycles. The number of hydrogen-bond donors (Lipinski definition) is 1. The largest absolute Gasteiger partial charge is 0.393 e. The number of halogens is 3. The molecular formula is C34H43F3N8O2S2. The molecule has 0 radical (unpaired) electrons. The third kappa shape index (κ3) is 8.04. The highest BCUT2D eigenvalue weighted by Crippen LogP contribution is 2.34. The number of hydrogen-bond acceptors (Lipinski definition) is 9. The van der Waals surface area contributed by atoms with Crippen LogP contribution in [-0.4, -0.2) is 101 Å². The van der Waals surface area contributed by atoms with Gasteiger partial charge >= 0.3 is 6.18 Å². The number of aromatic nitrogens is 3. The van der Waals surface area contributed by atoms with E-state index >= 15 is 0 Å². The molecule has 2 fully saturated rings. The number of piperidine rings is 1. The highest BCUT2D eigenvalue weighted by atomic mass is 32.2. The maximum Gasteiger partial charge on any atom is 0.393 e. The number of nitrogens with zero attached hydrogens (tertiary/aromatic N) is 7. The Morgan fingerprint density at radius 2 is 1.78 bits per heavy atom. The number of rotatable bonds is 10. The lowest BCUT2D eigenvalue weighted by atomic mass is 10.0. The molecule has 1 N–H and O–H groups in total. The van der Waals surface area contributed by atoms with Crippen LogP contribution in [0.3, 0.4) is 0 Å². The summed E-state index contributed by atoms with van der Waals surface area (Å²) in [6, 6.07) is 10.4. The fourth-order valence-electron chi connectivity index (χ4n) is 7.16. The molecule has 1 unspecified atom stereocenters. The molecular weight excluding hydrogens is 674 g/mol. The number of likely N-dealkylation sites (tertiary alicyclic amines) is 1. The summed E-state index contributed by atoms with van der Waals surface area (Å²) in [6.45, 7) is 11.7. The molecule has 1 atom stereocenters. The summed E-state index contributed by atoms with van der Waals surface area (Å²) in [7, 11) is -3.19. The fraction of sp³-hybridized carbons (Fsp3) is 0.559. The highest BCUT2D eigenvalue weighted by Gasteiger charge is 2.30. The highest BCUT2D eigenvalue weighted by molar-refractivity contribution is 7.88. The zero-order chi connectivity index (χ0) is 35.1. The molecule has 0 aliphatic carbocycles. The summed E-state index contributed by atoms with van der Waals surface area (Å²) in [4.78, 5) is 14.7. The minimum Gasteiger partial charge on any atom is -0.367 e. The standard InChI is InChI=1S/C34H43F3N8O2S2/c1-5-31-40-32(29-17-27(18-34(35,36)37)48-33(29)41-31)39-25-8-10-42(11-9-25)21-24-6-7-30-28(23(24)3)16-26(19-38)45(30)22(2)20-43-12-14-44(15-13-43)49(4,46)47/h6-7,16-17,22,25H,5,8-15,18,20-21H2,1-4H3,(H,39,40,41). The summed E-state index contributed by atoms with van der Waals surface area (Å²) < 4.78 is 66.7. The third-order valence-corrected chi connectivity index (χ3v) is 12.1. The zero-order valence-corrected chi connectivity index (χ0v) is 30.0. The second-order valence-electron chi connectivity index (χ2n) is 13.4. The van der Waals surface area contributed by atoms with E-state index in [0.29, 0.717) is 60.2 Å². The molecule has 0 spiro atoms. The van der Waals surface area contributed by atoms with Gasteiger partial charge in [0.1, 0.15) is 28.2 Å². The Bertz CT molecular complexity index is 1970. The second-order valence-corrected chi connectivity index (χ2v) is 16.5. The maximum atomic E-state index is 13.1. The van der Waals surface area contributed by atoms with Crippen molar-refractivity contribution in [2.45, 2.75) is 71.3 Å². The van der Waals surface area contributed by atoms with Crippen molar-refractivity contribution in [3.05, 3.63) is 51.8 Å². The normalized spacial score (nSPS) is 18.3. The van der Waals surface area contributed by atoms with Crippen molar-refractivity contribution in [2.24, 2.45) is 0 Å². The van der Waals surface area contributed by atoms with Crippen LogP contribution in [0, 0.1) is 18.3 Å². The lowest BCUT2D eigenvalue weighted by Gasteiger charge is -2.35. The number of nitriles is 1. The number of nitrogens with one attached hydrogen (secondary N) is 1. The van der Waals surface area contributed by atoms with Gasteiger partial charge in [-0.05, 0) is 56.0 Å². The predicted octanol–water partition coefficient (Wildman–Crippen LogP) is 5.71. The summed E-state index contributed by atoms with van der Waals surface area (Å²) in [5, 5.41) is 15.3. The van der Waals surface area contributed by atoms with Crippen molar-refractivity contribution in [3.8, 4) is 6.07 Å². The van der Waals surface area contributed by atoms with Crippen LogP contribution in [-0.2, 0) is 29.4 Å². The third-order valence-electron chi connectivity index (χ3n) is 9.79. The van der Waals surface area contributed by atoms with Crippen LogP contribution in [0.5, 0.6) is 0 Å². The van der Waals surface area contributed by atoms with Gasteiger partial charge in [0, 0.05) is 86.6 Å². The lowest BCUT2D eigenvalue weighted by molar-refractivity contribution is -0.126. The molecule has 15 heteroatoms. The van der Waals surface area contributed by atoms with Crippen LogP contribution >= 0.6 is 11.3 Å². The van der Waals surface area contributed by atoms with Crippen LogP contribution < -0.4 is 5.32 Å². The van der Waals surface area contributed by atoms with Crippen molar-refractivity contribution < 1.29 is 21.6 Å². The van der Waals surface area contributed by atoms with Crippen LogP contribution in [0.1, 0.15) is 60.3 Å². The van der Waals surface area contributed by atoms with Gasteiger partial charge in [-0.2, -0.15) is 22.7 Å². The molecule has 2 aliphatic rings. The topological polar surface area (TPSA) is 110 Å². The molecule has 0 saturated carbocycles. The fourth-order valence-corrected chi connectivity index (χ4v) is 9.06. The smallest absolute Gasteiger partial charge is 0.367 e. The van der Waals surface area contributed by atoms with Gasteiger partial charge in [0.15, 0.2) is 0 Å². The Hall–Kier alpha value is -3.29. The Morgan fingerprint density at radius 3 is 2.41 bits per heavy atom. The lowest BCUT2D eigenvalue weighted by Crippen LogP contribution is -2.49. The van der Waals surface area contributed by atoms with Gasteiger partial charge in [-0.1, -0.05) is 13.0 Å². The van der Waals surface area contributed by atoms with E-state index in [9.17, 15) is 26.9 Å². The number of alkyl halides is 3.